The molecule has 2 rings (SSSR count). The van der Waals surface area contributed by atoms with E-state index in [4.69, 9.17) is 0 Å². The van der Waals surface area contributed by atoms with Crippen LogP contribution in [0.4, 0.5) is 13.2 Å². The van der Waals surface area contributed by atoms with Crippen molar-refractivity contribution in [3.8, 4) is 0 Å². The van der Waals surface area contributed by atoms with Crippen LogP contribution in [0.15, 0.2) is 29.2 Å². The fourth-order valence-electron chi connectivity index (χ4n) is 2.03. The van der Waals surface area contributed by atoms with E-state index in [-0.39, 0.29) is 13.1 Å². The molecule has 1 aromatic rings. The highest BCUT2D eigenvalue weighted by Crippen LogP contribution is 2.34. The molecule has 1 aromatic carbocycles. The first kappa shape index (κ1) is 14.3. The molecular weight excluding hydrogens is 281 g/mol. The maximum Gasteiger partial charge on any atom is 0.417 e. The number of nitrogens with zero attached hydrogens (tertiary/aromatic N) is 1. The van der Waals surface area contributed by atoms with Crippen molar-refractivity contribution >= 4 is 10.0 Å². The van der Waals surface area contributed by atoms with E-state index in [0.717, 1.165) is 16.4 Å². The molecule has 1 saturated heterocycles. The van der Waals surface area contributed by atoms with E-state index >= 15 is 0 Å². The van der Waals surface area contributed by atoms with Crippen LogP contribution in [0.25, 0.3) is 0 Å². The molecule has 1 aliphatic rings. The van der Waals surface area contributed by atoms with Crippen molar-refractivity contribution in [1.82, 2.24) is 4.31 Å². The van der Waals surface area contributed by atoms with Gasteiger partial charge < -0.3 is 5.32 Å². The van der Waals surface area contributed by atoms with Crippen LogP contribution in [-0.4, -0.2) is 38.9 Å². The van der Waals surface area contributed by atoms with Gasteiger partial charge in [-0.2, -0.15) is 17.5 Å². The highest BCUT2D eigenvalue weighted by Gasteiger charge is 2.39. The molecule has 106 valence electrons. The lowest BCUT2D eigenvalue weighted by Gasteiger charge is -2.25. The lowest BCUT2D eigenvalue weighted by molar-refractivity contribution is -0.661. The Hall–Kier alpha value is -1.12. The second kappa shape index (κ2) is 5.10. The minimum absolute atomic E-state index is 0.231. The fourth-order valence-corrected chi connectivity index (χ4v) is 3.71. The molecule has 1 fully saturated rings. The van der Waals surface area contributed by atoms with Gasteiger partial charge in [-0.05, 0) is 12.1 Å². The van der Waals surface area contributed by atoms with Gasteiger partial charge in [0.25, 0.3) is 0 Å². The summed E-state index contributed by atoms with van der Waals surface area (Å²) in [5, 5.41) is 1.93. The van der Waals surface area contributed by atoms with Crippen molar-refractivity contribution in [2.24, 2.45) is 0 Å². The summed E-state index contributed by atoms with van der Waals surface area (Å²) >= 11 is 0. The van der Waals surface area contributed by atoms with E-state index < -0.39 is 26.7 Å². The first-order chi connectivity index (χ1) is 8.83. The average Bonchev–Trinajstić information content (AvgIpc) is 2.39. The van der Waals surface area contributed by atoms with Crippen molar-refractivity contribution in [2.75, 3.05) is 26.2 Å². The van der Waals surface area contributed by atoms with Crippen LogP contribution < -0.4 is 5.32 Å². The summed E-state index contributed by atoms with van der Waals surface area (Å²) in [7, 11) is -4.08. The van der Waals surface area contributed by atoms with Gasteiger partial charge in [-0.25, -0.2) is 8.42 Å². The van der Waals surface area contributed by atoms with Crippen molar-refractivity contribution in [3.05, 3.63) is 29.8 Å². The number of benzene rings is 1. The van der Waals surface area contributed by atoms with E-state index in [1.54, 1.807) is 0 Å². The van der Waals surface area contributed by atoms with E-state index in [2.05, 4.69) is 0 Å². The van der Waals surface area contributed by atoms with Crippen LogP contribution in [-0.2, 0) is 16.2 Å². The fraction of sp³-hybridized carbons (Fsp3) is 0.455. The van der Waals surface area contributed by atoms with Crippen molar-refractivity contribution in [2.45, 2.75) is 11.1 Å². The SMILES string of the molecule is O=S(=O)(c1ccccc1C(F)(F)F)N1CC[NH2+]CC1. The minimum Gasteiger partial charge on any atom is -0.344 e. The number of nitrogens with two attached hydrogens (primary N) is 1. The van der Waals surface area contributed by atoms with Crippen LogP contribution in [0.2, 0.25) is 0 Å². The van der Waals surface area contributed by atoms with Gasteiger partial charge >= 0.3 is 6.18 Å². The third-order valence-electron chi connectivity index (χ3n) is 2.98. The Bertz CT molecular complexity index is 551. The molecule has 0 atom stereocenters. The molecule has 19 heavy (non-hydrogen) atoms. The summed E-state index contributed by atoms with van der Waals surface area (Å²) in [6.07, 6.45) is -4.68. The normalized spacial score (nSPS) is 18.5. The third kappa shape index (κ3) is 2.90. The topological polar surface area (TPSA) is 54.0 Å². The predicted octanol–water partition coefficient (Wildman–Crippen LogP) is 0.273. The summed E-state index contributed by atoms with van der Waals surface area (Å²) < 4.78 is 64.2. The summed E-state index contributed by atoms with van der Waals surface area (Å²) in [6, 6.07) is 4.30. The maximum atomic E-state index is 12.9. The van der Waals surface area contributed by atoms with Gasteiger partial charge in [0.05, 0.1) is 36.6 Å². The molecular formula is C11H14F3N2O2S+. The zero-order chi connectivity index (χ0) is 14.1. The van der Waals surface area contributed by atoms with E-state index in [1.165, 1.54) is 12.1 Å². The molecule has 4 nitrogen and oxygen atoms in total. The van der Waals surface area contributed by atoms with Crippen molar-refractivity contribution in [1.29, 1.82) is 0 Å². The Kier molecular flexibility index (Phi) is 3.84. The van der Waals surface area contributed by atoms with Gasteiger partial charge in [0.15, 0.2) is 0 Å². The van der Waals surface area contributed by atoms with E-state index in [9.17, 15) is 21.6 Å². The third-order valence-corrected chi connectivity index (χ3v) is 4.93. The quantitative estimate of drug-likeness (QED) is 0.852. The smallest absolute Gasteiger partial charge is 0.344 e. The van der Waals surface area contributed by atoms with Crippen LogP contribution >= 0.6 is 0 Å². The molecule has 0 radical (unpaired) electrons. The number of sulfonamides is 1. The Morgan fingerprint density at radius 3 is 2.26 bits per heavy atom. The highest BCUT2D eigenvalue weighted by atomic mass is 32.2. The van der Waals surface area contributed by atoms with Gasteiger partial charge in [-0.3, -0.25) is 0 Å². The van der Waals surface area contributed by atoms with Gasteiger partial charge in [-0.15, -0.1) is 0 Å². The van der Waals surface area contributed by atoms with Crippen LogP contribution in [0.1, 0.15) is 5.56 Å². The highest BCUT2D eigenvalue weighted by molar-refractivity contribution is 7.89. The lowest BCUT2D eigenvalue weighted by atomic mass is 10.2. The van der Waals surface area contributed by atoms with Crippen molar-refractivity contribution in [3.63, 3.8) is 0 Å². The van der Waals surface area contributed by atoms with Crippen LogP contribution in [0.5, 0.6) is 0 Å². The molecule has 0 saturated carbocycles. The molecule has 1 heterocycles. The minimum atomic E-state index is -4.68. The maximum absolute atomic E-state index is 12.9. The Balaban J connectivity index is 2.46. The number of halogens is 3. The van der Waals surface area contributed by atoms with Gasteiger partial charge in [0, 0.05) is 0 Å². The predicted molar refractivity (Wildman–Crippen MR) is 61.9 cm³/mol. The second-order valence-corrected chi connectivity index (χ2v) is 6.17. The Morgan fingerprint density at radius 1 is 1.11 bits per heavy atom. The molecule has 0 aliphatic carbocycles. The number of quaternary nitrogens is 1. The number of alkyl halides is 3. The lowest BCUT2D eigenvalue weighted by Crippen LogP contribution is -2.89. The van der Waals surface area contributed by atoms with Crippen LogP contribution in [0, 0.1) is 0 Å². The monoisotopic (exact) mass is 295 g/mol. The first-order valence-corrected chi connectivity index (χ1v) is 7.25. The number of hydrogen-bond acceptors (Lipinski definition) is 2. The largest absolute Gasteiger partial charge is 0.417 e. The standard InChI is InChI=1S/C11H13F3N2O2S/c12-11(13,14)9-3-1-2-4-10(9)19(17,18)16-7-5-15-6-8-16/h1-4,15H,5-8H2/p+1. The molecule has 0 unspecified atom stereocenters. The number of piperazine rings is 1. The number of rotatable bonds is 2. The molecule has 0 amide bonds. The Labute approximate surface area is 109 Å². The summed E-state index contributed by atoms with van der Waals surface area (Å²) in [4.78, 5) is -0.663. The first-order valence-electron chi connectivity index (χ1n) is 5.81. The summed E-state index contributed by atoms with van der Waals surface area (Å²) in [5.41, 5.74) is -1.11. The zero-order valence-electron chi connectivity index (χ0n) is 10.0. The molecule has 0 aromatic heterocycles. The zero-order valence-corrected chi connectivity index (χ0v) is 10.8. The van der Waals surface area contributed by atoms with E-state index in [1.807, 2.05) is 5.32 Å². The number of hydrogen-bond donors (Lipinski definition) is 1. The Morgan fingerprint density at radius 2 is 1.68 bits per heavy atom. The van der Waals surface area contributed by atoms with Gasteiger partial charge in [-0.1, -0.05) is 12.1 Å². The van der Waals surface area contributed by atoms with Crippen molar-refractivity contribution < 1.29 is 26.9 Å². The summed E-state index contributed by atoms with van der Waals surface area (Å²) in [6.45, 7) is 1.59. The van der Waals surface area contributed by atoms with E-state index in [0.29, 0.717) is 13.1 Å². The van der Waals surface area contributed by atoms with Gasteiger partial charge in [0.2, 0.25) is 10.0 Å². The molecule has 1 aliphatic heterocycles. The van der Waals surface area contributed by atoms with Gasteiger partial charge in [0.1, 0.15) is 0 Å². The second-order valence-electron chi connectivity index (χ2n) is 4.26. The molecule has 0 spiro atoms. The molecule has 2 N–H and O–H groups in total. The molecule has 8 heteroatoms. The summed E-state index contributed by atoms with van der Waals surface area (Å²) in [5.74, 6) is 0. The average molecular weight is 295 g/mol. The van der Waals surface area contributed by atoms with Crippen LogP contribution in [0.3, 0.4) is 0 Å². The molecule has 0 bridgehead atoms.